The minimum absolute atomic E-state index is 0.0309. The van der Waals surface area contributed by atoms with Gasteiger partial charge in [0.2, 0.25) is 0 Å². The van der Waals surface area contributed by atoms with Crippen molar-refractivity contribution in [1.82, 2.24) is 5.32 Å². The van der Waals surface area contributed by atoms with Gasteiger partial charge < -0.3 is 20.1 Å². The fraction of sp³-hybridized carbons (Fsp3) is 0.300. The van der Waals surface area contributed by atoms with E-state index in [1.165, 1.54) is 7.11 Å². The number of amides is 2. The monoisotopic (exact) mass is 418 g/mol. The Hall–Kier alpha value is -3.20. The first-order valence-electron chi connectivity index (χ1n) is 8.90. The number of nitrogens with one attached hydrogen (secondary N) is 2. The summed E-state index contributed by atoms with van der Waals surface area (Å²) in [5, 5.41) is 5.19. The molecule has 0 spiro atoms. The van der Waals surface area contributed by atoms with E-state index in [9.17, 15) is 19.2 Å². The second-order valence-electron chi connectivity index (χ2n) is 5.92. The zero-order valence-corrected chi connectivity index (χ0v) is 17.2. The van der Waals surface area contributed by atoms with Crippen LogP contribution in [-0.2, 0) is 25.5 Å². The highest BCUT2D eigenvalue weighted by molar-refractivity contribution is 7.18. The topological polar surface area (TPSA) is 111 Å². The molecular formula is C20H22N2O6S. The van der Waals surface area contributed by atoms with Crippen molar-refractivity contribution in [1.29, 1.82) is 0 Å². The highest BCUT2D eigenvalue weighted by Gasteiger charge is 2.27. The van der Waals surface area contributed by atoms with Crippen LogP contribution in [0, 0.1) is 6.92 Å². The Morgan fingerprint density at radius 2 is 1.79 bits per heavy atom. The maximum Gasteiger partial charge on any atom is 0.397 e. The molecule has 2 amide bonds. The lowest BCUT2D eigenvalue weighted by Crippen LogP contribution is -2.25. The van der Waals surface area contributed by atoms with Crippen LogP contribution in [0.15, 0.2) is 30.3 Å². The zero-order chi connectivity index (χ0) is 21.4. The fourth-order valence-electron chi connectivity index (χ4n) is 2.56. The summed E-state index contributed by atoms with van der Waals surface area (Å²) in [7, 11) is 1.19. The van der Waals surface area contributed by atoms with Crippen molar-refractivity contribution < 1.29 is 28.7 Å². The molecule has 0 radical (unpaired) electrons. The molecule has 0 aliphatic carbocycles. The van der Waals surface area contributed by atoms with E-state index >= 15 is 0 Å². The van der Waals surface area contributed by atoms with Crippen LogP contribution in [-0.4, -0.2) is 44.0 Å². The van der Waals surface area contributed by atoms with Crippen molar-refractivity contribution in [3.05, 3.63) is 51.9 Å². The van der Waals surface area contributed by atoms with Crippen LogP contribution in [0.5, 0.6) is 0 Å². The van der Waals surface area contributed by atoms with Crippen molar-refractivity contribution in [3.63, 3.8) is 0 Å². The molecule has 154 valence electrons. The summed E-state index contributed by atoms with van der Waals surface area (Å²) >= 11 is 0.895. The number of carbonyl (C=O) groups excluding carboxylic acids is 4. The van der Waals surface area contributed by atoms with Gasteiger partial charge in [-0.05, 0) is 31.4 Å². The molecular weight excluding hydrogens is 396 g/mol. The smallest absolute Gasteiger partial charge is 0.397 e. The van der Waals surface area contributed by atoms with Crippen LogP contribution in [0.25, 0.3) is 0 Å². The second kappa shape index (κ2) is 10.4. The lowest BCUT2D eigenvalue weighted by Gasteiger charge is -2.05. The first-order chi connectivity index (χ1) is 13.9. The standard InChI is InChI=1S/C20H22N2O6S/c1-4-28-20(26)17(24)22-18-14(19(25)27-3)12(2)15(29-18)16(23)21-11-10-13-8-6-5-7-9-13/h5-9H,4,10-11H2,1-3H3,(H,21,23)(H,22,24). The summed E-state index contributed by atoms with van der Waals surface area (Å²) < 4.78 is 9.39. The van der Waals surface area contributed by atoms with E-state index in [0.29, 0.717) is 18.5 Å². The maximum absolute atomic E-state index is 12.6. The average Bonchev–Trinajstić information content (AvgIpc) is 3.04. The fourth-order valence-corrected chi connectivity index (χ4v) is 3.67. The number of ether oxygens (including phenoxy) is 2. The molecule has 0 aliphatic heterocycles. The first kappa shape index (κ1) is 22.1. The molecule has 0 atom stereocenters. The first-order valence-corrected chi connectivity index (χ1v) is 9.72. The second-order valence-corrected chi connectivity index (χ2v) is 6.94. The van der Waals surface area contributed by atoms with E-state index in [1.807, 2.05) is 30.3 Å². The van der Waals surface area contributed by atoms with Crippen LogP contribution in [0.2, 0.25) is 0 Å². The van der Waals surface area contributed by atoms with Gasteiger partial charge in [0.25, 0.3) is 5.91 Å². The molecule has 0 bridgehead atoms. The summed E-state index contributed by atoms with van der Waals surface area (Å²) in [5.41, 5.74) is 1.47. The normalized spacial score (nSPS) is 10.2. The number of rotatable bonds is 7. The molecule has 1 heterocycles. The molecule has 8 nitrogen and oxygen atoms in total. The quantitative estimate of drug-likeness (QED) is 0.527. The average molecular weight is 418 g/mol. The summed E-state index contributed by atoms with van der Waals surface area (Å²) in [6.45, 7) is 3.58. The molecule has 0 fully saturated rings. The third kappa shape index (κ3) is 5.64. The molecule has 0 unspecified atom stereocenters. The summed E-state index contributed by atoms with van der Waals surface area (Å²) in [6, 6.07) is 9.67. The molecule has 1 aromatic heterocycles. The largest absolute Gasteiger partial charge is 0.465 e. The molecule has 29 heavy (non-hydrogen) atoms. The number of esters is 2. The van der Waals surface area contributed by atoms with Gasteiger partial charge in [-0.2, -0.15) is 0 Å². The van der Waals surface area contributed by atoms with Gasteiger partial charge in [0, 0.05) is 6.54 Å². The van der Waals surface area contributed by atoms with Gasteiger partial charge in [0.15, 0.2) is 0 Å². The van der Waals surface area contributed by atoms with E-state index in [4.69, 9.17) is 4.74 Å². The number of thiophene rings is 1. The Morgan fingerprint density at radius 1 is 1.10 bits per heavy atom. The zero-order valence-electron chi connectivity index (χ0n) is 16.4. The van der Waals surface area contributed by atoms with Gasteiger partial charge in [0.1, 0.15) is 5.00 Å². The lowest BCUT2D eigenvalue weighted by molar-refractivity contribution is -0.152. The lowest BCUT2D eigenvalue weighted by atomic mass is 10.1. The van der Waals surface area contributed by atoms with Crippen molar-refractivity contribution in [2.45, 2.75) is 20.3 Å². The van der Waals surface area contributed by atoms with Crippen LogP contribution in [0.1, 0.15) is 38.1 Å². The summed E-state index contributed by atoms with van der Waals surface area (Å²) in [4.78, 5) is 48.5. The van der Waals surface area contributed by atoms with Crippen molar-refractivity contribution in [2.75, 3.05) is 25.6 Å². The maximum atomic E-state index is 12.6. The Kier molecular flexibility index (Phi) is 7.90. The van der Waals surface area contributed by atoms with Crippen LogP contribution < -0.4 is 10.6 Å². The van der Waals surface area contributed by atoms with Gasteiger partial charge >= 0.3 is 17.8 Å². The van der Waals surface area contributed by atoms with Crippen LogP contribution in [0.4, 0.5) is 5.00 Å². The van der Waals surface area contributed by atoms with Crippen LogP contribution in [0.3, 0.4) is 0 Å². The van der Waals surface area contributed by atoms with Gasteiger partial charge in [-0.3, -0.25) is 9.59 Å². The Balaban J connectivity index is 2.17. The molecule has 2 N–H and O–H groups in total. The van der Waals surface area contributed by atoms with Gasteiger partial charge in [-0.1, -0.05) is 30.3 Å². The Labute approximate surface area is 172 Å². The van der Waals surface area contributed by atoms with Gasteiger partial charge in [-0.25, -0.2) is 9.59 Å². The minimum Gasteiger partial charge on any atom is -0.465 e. The molecule has 0 saturated heterocycles. The minimum atomic E-state index is -1.08. The number of hydrogen-bond donors (Lipinski definition) is 2. The Morgan fingerprint density at radius 3 is 2.41 bits per heavy atom. The molecule has 2 rings (SSSR count). The number of carbonyl (C=O) groups is 4. The number of hydrogen-bond acceptors (Lipinski definition) is 7. The van der Waals surface area contributed by atoms with E-state index < -0.39 is 17.8 Å². The van der Waals surface area contributed by atoms with Crippen molar-refractivity contribution >= 4 is 40.1 Å². The molecule has 0 aliphatic rings. The number of anilines is 1. The molecule has 9 heteroatoms. The van der Waals surface area contributed by atoms with E-state index in [2.05, 4.69) is 15.4 Å². The number of benzene rings is 1. The highest BCUT2D eigenvalue weighted by atomic mass is 32.1. The predicted molar refractivity (Wildman–Crippen MR) is 108 cm³/mol. The van der Waals surface area contributed by atoms with Gasteiger partial charge in [-0.15, -0.1) is 11.3 Å². The van der Waals surface area contributed by atoms with Crippen molar-refractivity contribution in [3.8, 4) is 0 Å². The highest BCUT2D eigenvalue weighted by Crippen LogP contribution is 2.33. The van der Waals surface area contributed by atoms with Crippen molar-refractivity contribution in [2.24, 2.45) is 0 Å². The third-order valence-corrected chi connectivity index (χ3v) is 5.18. The predicted octanol–water partition coefficient (Wildman–Crippen LogP) is 2.32. The van der Waals surface area contributed by atoms with Gasteiger partial charge in [0.05, 0.1) is 24.2 Å². The molecule has 1 aromatic carbocycles. The SMILES string of the molecule is CCOC(=O)C(=O)Nc1sc(C(=O)NCCc2ccccc2)c(C)c1C(=O)OC. The number of methoxy groups -OCH3 is 1. The van der Waals surface area contributed by atoms with E-state index in [-0.39, 0.29) is 28.0 Å². The van der Waals surface area contributed by atoms with E-state index in [1.54, 1.807) is 13.8 Å². The summed E-state index contributed by atoms with van der Waals surface area (Å²) in [5.74, 6) is -3.22. The Bertz CT molecular complexity index is 907. The third-order valence-electron chi connectivity index (χ3n) is 3.97. The summed E-state index contributed by atoms with van der Waals surface area (Å²) in [6.07, 6.45) is 0.646. The van der Waals surface area contributed by atoms with Crippen LogP contribution >= 0.6 is 11.3 Å². The molecule has 2 aromatic rings. The van der Waals surface area contributed by atoms with E-state index in [0.717, 1.165) is 16.9 Å². The molecule has 0 saturated carbocycles.